The first kappa shape index (κ1) is 15.5. The van der Waals surface area contributed by atoms with Gasteiger partial charge in [0.05, 0.1) is 18.2 Å². The number of hydrogen-bond acceptors (Lipinski definition) is 6. The summed E-state index contributed by atoms with van der Waals surface area (Å²) in [5.74, 6) is -0.269. The molecule has 0 spiro atoms. The number of nitrogens with zero attached hydrogens (tertiary/aromatic N) is 1. The maximum atomic E-state index is 11.8. The largest absolute Gasteiger partial charge is 0.466 e. The summed E-state index contributed by atoms with van der Waals surface area (Å²) in [5, 5.41) is 3.08. The van der Waals surface area contributed by atoms with Gasteiger partial charge >= 0.3 is 12.1 Å². The second-order valence-electron chi connectivity index (χ2n) is 4.59. The van der Waals surface area contributed by atoms with E-state index in [1.807, 2.05) is 0 Å². The molecule has 2 rings (SSSR count). The Balaban J connectivity index is 1.97. The lowest BCUT2D eigenvalue weighted by molar-refractivity contribution is -0.148. The van der Waals surface area contributed by atoms with E-state index < -0.39 is 6.09 Å². The Morgan fingerprint density at radius 2 is 2.33 bits per heavy atom. The number of thiazole rings is 1. The molecule has 7 heteroatoms. The van der Waals surface area contributed by atoms with Gasteiger partial charge in [0.25, 0.3) is 0 Å². The molecular formula is C14H18N2O4S. The molecule has 1 aliphatic carbocycles. The van der Waals surface area contributed by atoms with Crippen LogP contribution in [0.5, 0.6) is 0 Å². The number of carbonyl (C=O) groups is 2. The highest BCUT2D eigenvalue weighted by atomic mass is 32.1. The molecule has 1 heterocycles. The van der Waals surface area contributed by atoms with Crippen LogP contribution in [0.15, 0.2) is 12.7 Å². The fourth-order valence-corrected chi connectivity index (χ4v) is 3.22. The Morgan fingerprint density at radius 1 is 1.52 bits per heavy atom. The number of nitrogens with one attached hydrogen (secondary N) is 1. The maximum Gasteiger partial charge on any atom is 0.413 e. The highest BCUT2D eigenvalue weighted by Crippen LogP contribution is 2.32. The summed E-state index contributed by atoms with van der Waals surface area (Å²) in [6.45, 7) is 5.82. The molecule has 6 nitrogen and oxygen atoms in total. The van der Waals surface area contributed by atoms with Crippen molar-refractivity contribution < 1.29 is 19.1 Å². The van der Waals surface area contributed by atoms with Gasteiger partial charge in [-0.25, -0.2) is 9.78 Å². The molecule has 0 saturated heterocycles. The lowest BCUT2D eigenvalue weighted by Crippen LogP contribution is -2.24. The van der Waals surface area contributed by atoms with Crippen LogP contribution in [0.1, 0.15) is 23.9 Å². The summed E-state index contributed by atoms with van der Waals surface area (Å²) in [4.78, 5) is 28.6. The molecule has 1 amide bonds. The molecule has 21 heavy (non-hydrogen) atoms. The van der Waals surface area contributed by atoms with Crippen molar-refractivity contribution >= 4 is 28.5 Å². The van der Waals surface area contributed by atoms with E-state index in [2.05, 4.69) is 16.9 Å². The van der Waals surface area contributed by atoms with E-state index in [0.717, 1.165) is 23.4 Å². The van der Waals surface area contributed by atoms with Crippen LogP contribution in [0.3, 0.4) is 0 Å². The van der Waals surface area contributed by atoms with Gasteiger partial charge in [0, 0.05) is 4.88 Å². The van der Waals surface area contributed by atoms with Gasteiger partial charge in [-0.2, -0.15) is 0 Å². The van der Waals surface area contributed by atoms with Crippen molar-refractivity contribution in [2.45, 2.75) is 26.2 Å². The molecule has 0 aliphatic heterocycles. The Morgan fingerprint density at radius 3 is 3.05 bits per heavy atom. The first-order valence-electron chi connectivity index (χ1n) is 6.84. The van der Waals surface area contributed by atoms with E-state index in [4.69, 9.17) is 9.47 Å². The van der Waals surface area contributed by atoms with Gasteiger partial charge in [0.1, 0.15) is 6.61 Å². The molecule has 0 radical (unpaired) electrons. The molecule has 0 bridgehead atoms. The van der Waals surface area contributed by atoms with Crippen molar-refractivity contribution in [1.82, 2.24) is 4.98 Å². The minimum atomic E-state index is -0.553. The zero-order valence-electron chi connectivity index (χ0n) is 11.9. The SMILES string of the molecule is C=CCOC(=O)Nc1nc2c(s1)CC(C(=O)OCC)CC2. The maximum absolute atomic E-state index is 11.8. The minimum absolute atomic E-state index is 0.113. The summed E-state index contributed by atoms with van der Waals surface area (Å²) >= 11 is 1.38. The number of ether oxygens (including phenoxy) is 2. The third kappa shape index (κ3) is 4.04. The summed E-state index contributed by atoms with van der Waals surface area (Å²) in [5.41, 5.74) is 0.944. The number of anilines is 1. The Hall–Kier alpha value is -1.89. The van der Waals surface area contributed by atoms with Gasteiger partial charge < -0.3 is 9.47 Å². The molecule has 0 saturated carbocycles. The fourth-order valence-electron chi connectivity index (χ4n) is 2.15. The van der Waals surface area contributed by atoms with Gasteiger partial charge in [-0.3, -0.25) is 10.1 Å². The third-order valence-corrected chi connectivity index (χ3v) is 4.14. The molecule has 1 unspecified atom stereocenters. The van der Waals surface area contributed by atoms with Crippen LogP contribution in [-0.2, 0) is 27.1 Å². The van der Waals surface area contributed by atoms with Crippen molar-refractivity contribution in [2.24, 2.45) is 5.92 Å². The number of hydrogen-bond donors (Lipinski definition) is 1. The third-order valence-electron chi connectivity index (χ3n) is 3.10. The standard InChI is InChI=1S/C14H18N2O4S/c1-3-7-20-14(18)16-13-15-10-6-5-9(8-11(10)21-13)12(17)19-4-2/h3,9H,1,4-8H2,2H3,(H,15,16,18). The highest BCUT2D eigenvalue weighted by Gasteiger charge is 2.28. The van der Waals surface area contributed by atoms with Crippen LogP contribution in [0.25, 0.3) is 0 Å². The predicted molar refractivity (Wildman–Crippen MR) is 79.4 cm³/mol. The Bertz CT molecular complexity index is 541. The zero-order chi connectivity index (χ0) is 15.2. The van der Waals surface area contributed by atoms with E-state index >= 15 is 0 Å². The summed E-state index contributed by atoms with van der Waals surface area (Å²) in [6, 6.07) is 0. The Kier molecular flexibility index (Phi) is 5.32. The lowest BCUT2D eigenvalue weighted by Gasteiger charge is -2.18. The van der Waals surface area contributed by atoms with Crippen molar-refractivity contribution in [3.05, 3.63) is 23.2 Å². The minimum Gasteiger partial charge on any atom is -0.466 e. The normalized spacial score (nSPS) is 16.7. The number of rotatable bonds is 5. The second kappa shape index (κ2) is 7.21. The van der Waals surface area contributed by atoms with Crippen LogP contribution < -0.4 is 5.32 Å². The Labute approximate surface area is 127 Å². The van der Waals surface area contributed by atoms with Crippen molar-refractivity contribution in [3.63, 3.8) is 0 Å². The number of esters is 1. The number of aromatic nitrogens is 1. The van der Waals surface area contributed by atoms with Crippen molar-refractivity contribution in [2.75, 3.05) is 18.5 Å². The second-order valence-corrected chi connectivity index (χ2v) is 5.68. The number of amides is 1. The van der Waals surface area contributed by atoms with E-state index in [9.17, 15) is 9.59 Å². The number of fused-ring (bicyclic) bond motifs is 1. The summed E-state index contributed by atoms with van der Waals surface area (Å²) in [7, 11) is 0. The first-order chi connectivity index (χ1) is 10.1. The predicted octanol–water partition coefficient (Wildman–Crippen LogP) is 2.55. The van der Waals surface area contributed by atoms with Crippen LogP contribution in [-0.4, -0.2) is 30.3 Å². The summed E-state index contributed by atoms with van der Waals surface area (Å²) in [6.07, 6.45) is 3.02. The van der Waals surface area contributed by atoms with Gasteiger partial charge in [-0.1, -0.05) is 12.7 Å². The molecule has 1 aromatic rings. The van der Waals surface area contributed by atoms with Crippen molar-refractivity contribution in [1.29, 1.82) is 0 Å². The molecule has 1 aliphatic rings. The molecule has 1 aromatic heterocycles. The van der Waals surface area contributed by atoms with Gasteiger partial charge in [0.15, 0.2) is 5.13 Å². The average molecular weight is 310 g/mol. The number of aryl methyl sites for hydroxylation is 1. The molecule has 0 fully saturated rings. The van der Waals surface area contributed by atoms with E-state index in [0.29, 0.717) is 18.2 Å². The van der Waals surface area contributed by atoms with E-state index in [-0.39, 0.29) is 18.5 Å². The fraction of sp³-hybridized carbons (Fsp3) is 0.500. The molecule has 0 aromatic carbocycles. The van der Waals surface area contributed by atoms with Crippen LogP contribution >= 0.6 is 11.3 Å². The topological polar surface area (TPSA) is 77.5 Å². The lowest BCUT2D eigenvalue weighted by atomic mass is 9.91. The van der Waals surface area contributed by atoms with Crippen LogP contribution in [0.2, 0.25) is 0 Å². The molecule has 1 atom stereocenters. The highest BCUT2D eigenvalue weighted by molar-refractivity contribution is 7.15. The smallest absolute Gasteiger partial charge is 0.413 e. The monoisotopic (exact) mass is 310 g/mol. The van der Waals surface area contributed by atoms with Crippen LogP contribution in [0.4, 0.5) is 9.93 Å². The van der Waals surface area contributed by atoms with Crippen molar-refractivity contribution in [3.8, 4) is 0 Å². The summed E-state index contributed by atoms with van der Waals surface area (Å²) < 4.78 is 9.90. The quantitative estimate of drug-likeness (QED) is 0.668. The zero-order valence-corrected chi connectivity index (χ0v) is 12.7. The molecular weight excluding hydrogens is 292 g/mol. The van der Waals surface area contributed by atoms with Crippen LogP contribution in [0, 0.1) is 5.92 Å². The molecule has 1 N–H and O–H groups in total. The van der Waals surface area contributed by atoms with Gasteiger partial charge in [-0.05, 0) is 26.2 Å². The average Bonchev–Trinajstić information content (AvgIpc) is 2.86. The number of carbonyl (C=O) groups excluding carboxylic acids is 2. The van der Waals surface area contributed by atoms with E-state index in [1.165, 1.54) is 17.4 Å². The van der Waals surface area contributed by atoms with Gasteiger partial charge in [-0.15, -0.1) is 11.3 Å². The van der Waals surface area contributed by atoms with Gasteiger partial charge in [0.2, 0.25) is 0 Å². The first-order valence-corrected chi connectivity index (χ1v) is 7.65. The van der Waals surface area contributed by atoms with E-state index in [1.54, 1.807) is 6.92 Å². The molecule has 114 valence electrons.